The lowest BCUT2D eigenvalue weighted by molar-refractivity contribution is 1.24. The SMILES string of the molecule is Cc1nccc2ccsc12. The Morgan fingerprint density at radius 3 is 3.10 bits per heavy atom. The highest BCUT2D eigenvalue weighted by Crippen LogP contribution is 2.21. The number of aromatic nitrogens is 1. The van der Waals surface area contributed by atoms with Crippen LogP contribution in [-0.2, 0) is 0 Å². The van der Waals surface area contributed by atoms with Crippen LogP contribution in [0.1, 0.15) is 5.69 Å². The number of rotatable bonds is 0. The summed E-state index contributed by atoms with van der Waals surface area (Å²) < 4.78 is 1.31. The second kappa shape index (κ2) is 2.06. The summed E-state index contributed by atoms with van der Waals surface area (Å²) in [6.07, 6.45) is 1.85. The Hall–Kier alpha value is -0.890. The summed E-state index contributed by atoms with van der Waals surface area (Å²) in [5.41, 5.74) is 1.13. The summed E-state index contributed by atoms with van der Waals surface area (Å²) in [6.45, 7) is 2.04. The molecule has 0 bridgehead atoms. The Balaban J connectivity index is 2.95. The van der Waals surface area contributed by atoms with E-state index >= 15 is 0 Å². The second-order valence-corrected chi connectivity index (χ2v) is 3.15. The molecule has 0 aliphatic heterocycles. The van der Waals surface area contributed by atoms with Gasteiger partial charge in [-0.1, -0.05) is 0 Å². The zero-order chi connectivity index (χ0) is 6.97. The van der Waals surface area contributed by atoms with Gasteiger partial charge in [-0.2, -0.15) is 0 Å². The molecule has 2 rings (SSSR count). The molecule has 2 aromatic rings. The van der Waals surface area contributed by atoms with Gasteiger partial charge < -0.3 is 0 Å². The molecule has 0 radical (unpaired) electrons. The quantitative estimate of drug-likeness (QED) is 0.561. The Morgan fingerprint density at radius 2 is 2.30 bits per heavy atom. The van der Waals surface area contributed by atoms with Crippen molar-refractivity contribution >= 4 is 21.4 Å². The summed E-state index contributed by atoms with van der Waals surface area (Å²) in [7, 11) is 0. The maximum absolute atomic E-state index is 4.19. The molecule has 2 aromatic heterocycles. The first-order valence-electron chi connectivity index (χ1n) is 3.17. The van der Waals surface area contributed by atoms with Crippen molar-refractivity contribution in [1.29, 1.82) is 0 Å². The van der Waals surface area contributed by atoms with Crippen LogP contribution in [-0.4, -0.2) is 4.98 Å². The first kappa shape index (κ1) is 5.86. The summed E-state index contributed by atoms with van der Waals surface area (Å²) in [5.74, 6) is 0. The average molecular weight is 149 g/mol. The van der Waals surface area contributed by atoms with Gasteiger partial charge in [0.1, 0.15) is 0 Å². The fourth-order valence-electron chi connectivity index (χ4n) is 1.03. The molecule has 0 saturated heterocycles. The first-order valence-corrected chi connectivity index (χ1v) is 4.05. The molecule has 0 saturated carbocycles. The average Bonchev–Trinajstić information content (AvgIpc) is 2.36. The molecule has 50 valence electrons. The smallest absolute Gasteiger partial charge is 0.0555 e. The van der Waals surface area contributed by atoms with Crippen molar-refractivity contribution < 1.29 is 0 Å². The monoisotopic (exact) mass is 149 g/mol. The van der Waals surface area contributed by atoms with Gasteiger partial charge in [-0.3, -0.25) is 4.98 Å². The van der Waals surface area contributed by atoms with Crippen molar-refractivity contribution in [2.75, 3.05) is 0 Å². The molecule has 1 nitrogen and oxygen atoms in total. The number of aryl methyl sites for hydroxylation is 1. The van der Waals surface area contributed by atoms with Gasteiger partial charge in [-0.15, -0.1) is 11.3 Å². The Kier molecular flexibility index (Phi) is 1.21. The van der Waals surface area contributed by atoms with Gasteiger partial charge in [0, 0.05) is 6.20 Å². The maximum Gasteiger partial charge on any atom is 0.0555 e. The predicted octanol–water partition coefficient (Wildman–Crippen LogP) is 2.60. The zero-order valence-electron chi connectivity index (χ0n) is 5.66. The summed E-state index contributed by atoms with van der Waals surface area (Å²) in [6, 6.07) is 4.16. The molecule has 0 fully saturated rings. The Labute approximate surface area is 63.3 Å². The summed E-state index contributed by atoms with van der Waals surface area (Å²) in [4.78, 5) is 4.19. The molecule has 2 heterocycles. The second-order valence-electron chi connectivity index (χ2n) is 2.24. The van der Waals surface area contributed by atoms with Crippen molar-refractivity contribution in [3.8, 4) is 0 Å². The molecule has 0 aliphatic rings. The minimum atomic E-state index is 1.13. The van der Waals surface area contributed by atoms with Crippen molar-refractivity contribution in [3.63, 3.8) is 0 Å². The highest BCUT2D eigenvalue weighted by molar-refractivity contribution is 7.17. The third-order valence-electron chi connectivity index (χ3n) is 1.55. The topological polar surface area (TPSA) is 12.9 Å². The predicted molar refractivity (Wildman–Crippen MR) is 44.4 cm³/mol. The summed E-state index contributed by atoms with van der Waals surface area (Å²) >= 11 is 1.75. The molecule has 0 aliphatic carbocycles. The van der Waals surface area contributed by atoms with E-state index in [-0.39, 0.29) is 0 Å². The van der Waals surface area contributed by atoms with E-state index in [4.69, 9.17) is 0 Å². The van der Waals surface area contributed by atoms with E-state index in [1.54, 1.807) is 11.3 Å². The molecule has 0 atom stereocenters. The number of hydrogen-bond acceptors (Lipinski definition) is 2. The molecule has 2 heteroatoms. The van der Waals surface area contributed by atoms with Gasteiger partial charge in [0.05, 0.1) is 10.4 Å². The number of fused-ring (bicyclic) bond motifs is 1. The summed E-state index contributed by atoms with van der Waals surface area (Å²) in [5, 5.41) is 3.40. The van der Waals surface area contributed by atoms with Crippen LogP contribution in [0.25, 0.3) is 10.1 Å². The van der Waals surface area contributed by atoms with Gasteiger partial charge in [0.15, 0.2) is 0 Å². The number of nitrogens with zero attached hydrogens (tertiary/aromatic N) is 1. The molecular weight excluding hydrogens is 142 g/mol. The molecule has 10 heavy (non-hydrogen) atoms. The third kappa shape index (κ3) is 0.727. The fourth-order valence-corrected chi connectivity index (χ4v) is 1.88. The Morgan fingerprint density at radius 1 is 1.40 bits per heavy atom. The standard InChI is InChI=1S/C8H7NS/c1-6-8-7(2-4-9-6)3-5-10-8/h2-5H,1H3. The van der Waals surface area contributed by atoms with Gasteiger partial charge in [-0.05, 0) is 29.8 Å². The van der Waals surface area contributed by atoms with E-state index in [1.807, 2.05) is 19.2 Å². The highest BCUT2D eigenvalue weighted by Gasteiger charge is 1.95. The molecule has 0 unspecified atom stereocenters. The van der Waals surface area contributed by atoms with E-state index in [2.05, 4.69) is 16.4 Å². The van der Waals surface area contributed by atoms with Crippen molar-refractivity contribution in [2.24, 2.45) is 0 Å². The van der Waals surface area contributed by atoms with Gasteiger partial charge in [0.25, 0.3) is 0 Å². The van der Waals surface area contributed by atoms with Crippen LogP contribution in [0.4, 0.5) is 0 Å². The fraction of sp³-hybridized carbons (Fsp3) is 0.125. The minimum absolute atomic E-state index is 1.13. The molecule has 0 spiro atoms. The number of hydrogen-bond donors (Lipinski definition) is 0. The number of pyridine rings is 1. The Bertz CT molecular complexity index is 351. The van der Waals surface area contributed by atoms with E-state index in [1.165, 1.54) is 10.1 Å². The van der Waals surface area contributed by atoms with Crippen LogP contribution in [0.15, 0.2) is 23.7 Å². The van der Waals surface area contributed by atoms with Crippen molar-refractivity contribution in [2.45, 2.75) is 6.92 Å². The normalized spacial score (nSPS) is 10.5. The van der Waals surface area contributed by atoms with Crippen molar-refractivity contribution in [3.05, 3.63) is 29.4 Å². The molecule has 0 aromatic carbocycles. The molecular formula is C8H7NS. The molecule has 0 amide bonds. The van der Waals surface area contributed by atoms with Crippen molar-refractivity contribution in [1.82, 2.24) is 4.98 Å². The van der Waals surface area contributed by atoms with Gasteiger partial charge in [0.2, 0.25) is 0 Å². The van der Waals surface area contributed by atoms with E-state index in [0.29, 0.717) is 0 Å². The van der Waals surface area contributed by atoms with Crippen LogP contribution in [0.2, 0.25) is 0 Å². The van der Waals surface area contributed by atoms with E-state index < -0.39 is 0 Å². The van der Waals surface area contributed by atoms with Crippen LogP contribution < -0.4 is 0 Å². The van der Waals surface area contributed by atoms with Crippen LogP contribution in [0.3, 0.4) is 0 Å². The lowest BCUT2D eigenvalue weighted by Crippen LogP contribution is -1.76. The lowest BCUT2D eigenvalue weighted by atomic mass is 10.3. The maximum atomic E-state index is 4.19. The first-order chi connectivity index (χ1) is 4.88. The number of thiophene rings is 1. The van der Waals surface area contributed by atoms with Gasteiger partial charge >= 0.3 is 0 Å². The largest absolute Gasteiger partial charge is 0.260 e. The van der Waals surface area contributed by atoms with E-state index in [0.717, 1.165) is 5.69 Å². The third-order valence-corrected chi connectivity index (χ3v) is 2.59. The highest BCUT2D eigenvalue weighted by atomic mass is 32.1. The van der Waals surface area contributed by atoms with Crippen LogP contribution >= 0.6 is 11.3 Å². The van der Waals surface area contributed by atoms with E-state index in [9.17, 15) is 0 Å². The van der Waals surface area contributed by atoms with Crippen LogP contribution in [0, 0.1) is 6.92 Å². The lowest BCUT2D eigenvalue weighted by Gasteiger charge is -1.90. The minimum Gasteiger partial charge on any atom is -0.260 e. The molecule has 0 N–H and O–H groups in total. The zero-order valence-corrected chi connectivity index (χ0v) is 6.48. The van der Waals surface area contributed by atoms with Gasteiger partial charge in [-0.25, -0.2) is 0 Å². The van der Waals surface area contributed by atoms with Crippen LogP contribution in [0.5, 0.6) is 0 Å².